The molecule has 7 heteroatoms. The van der Waals surface area contributed by atoms with Crippen LogP contribution in [0.5, 0.6) is 0 Å². The fourth-order valence-electron chi connectivity index (χ4n) is 2.88. The van der Waals surface area contributed by atoms with E-state index in [2.05, 4.69) is 5.32 Å². The highest BCUT2D eigenvalue weighted by atomic mass is 19.4. The molecule has 0 bridgehead atoms. The second-order valence-corrected chi connectivity index (χ2v) is 6.18. The average molecular weight is 330 g/mol. The van der Waals surface area contributed by atoms with Gasteiger partial charge in [-0.1, -0.05) is 12.1 Å². The van der Waals surface area contributed by atoms with E-state index in [-0.39, 0.29) is 25.0 Å². The number of aliphatic hydroxyl groups excluding tert-OH is 1. The number of amides is 1. The Balaban J connectivity index is 2.17. The molecule has 1 aliphatic rings. The molecule has 0 radical (unpaired) electrons. The van der Waals surface area contributed by atoms with E-state index in [9.17, 15) is 23.1 Å². The molecule has 1 aromatic carbocycles. The molecular formula is C16H21F3N2O2. The third-order valence-corrected chi connectivity index (χ3v) is 3.78. The van der Waals surface area contributed by atoms with Crippen LogP contribution in [0.2, 0.25) is 0 Å². The minimum atomic E-state index is -4.41. The molecule has 2 N–H and O–H groups in total. The third-order valence-electron chi connectivity index (χ3n) is 3.78. The van der Waals surface area contributed by atoms with Crippen LogP contribution in [0.4, 0.5) is 13.2 Å². The Bertz CT molecular complexity index is 561. The van der Waals surface area contributed by atoms with Crippen molar-refractivity contribution < 1.29 is 23.1 Å². The van der Waals surface area contributed by atoms with Crippen LogP contribution in [0, 0.1) is 0 Å². The van der Waals surface area contributed by atoms with Gasteiger partial charge in [0.05, 0.1) is 18.2 Å². The number of aliphatic hydroxyl groups is 1. The maximum Gasteiger partial charge on any atom is 0.416 e. The van der Waals surface area contributed by atoms with Gasteiger partial charge >= 0.3 is 6.18 Å². The molecule has 4 nitrogen and oxygen atoms in total. The van der Waals surface area contributed by atoms with E-state index in [4.69, 9.17) is 0 Å². The largest absolute Gasteiger partial charge is 0.416 e. The van der Waals surface area contributed by atoms with E-state index >= 15 is 0 Å². The third kappa shape index (κ3) is 4.68. The van der Waals surface area contributed by atoms with Gasteiger partial charge in [0.15, 0.2) is 0 Å². The molecule has 1 heterocycles. The van der Waals surface area contributed by atoms with Gasteiger partial charge in [0.25, 0.3) is 0 Å². The van der Waals surface area contributed by atoms with Gasteiger partial charge in [-0.05, 0) is 38.0 Å². The van der Waals surface area contributed by atoms with Crippen molar-refractivity contribution in [2.24, 2.45) is 0 Å². The van der Waals surface area contributed by atoms with E-state index in [1.54, 1.807) is 11.0 Å². The summed E-state index contributed by atoms with van der Waals surface area (Å²) >= 11 is 0. The molecule has 1 amide bonds. The van der Waals surface area contributed by atoms with Gasteiger partial charge in [0, 0.05) is 18.6 Å². The normalized spacial score (nSPS) is 22.6. The van der Waals surface area contributed by atoms with E-state index in [1.807, 2.05) is 13.8 Å². The topological polar surface area (TPSA) is 52.6 Å². The predicted molar refractivity (Wildman–Crippen MR) is 79.7 cm³/mol. The van der Waals surface area contributed by atoms with Crippen molar-refractivity contribution in [2.75, 3.05) is 13.1 Å². The van der Waals surface area contributed by atoms with Gasteiger partial charge in [-0.25, -0.2) is 0 Å². The molecular weight excluding hydrogens is 309 g/mol. The second-order valence-electron chi connectivity index (χ2n) is 6.18. The highest BCUT2D eigenvalue weighted by Gasteiger charge is 2.35. The van der Waals surface area contributed by atoms with Crippen molar-refractivity contribution in [1.82, 2.24) is 10.2 Å². The highest BCUT2D eigenvalue weighted by molar-refractivity contribution is 5.78. The Labute approximate surface area is 133 Å². The van der Waals surface area contributed by atoms with Gasteiger partial charge in [-0.3, -0.25) is 9.69 Å². The zero-order valence-corrected chi connectivity index (χ0v) is 13.1. The summed E-state index contributed by atoms with van der Waals surface area (Å²) in [4.78, 5) is 13.6. The fourth-order valence-corrected chi connectivity index (χ4v) is 2.88. The Morgan fingerprint density at radius 1 is 1.43 bits per heavy atom. The number of nitrogens with one attached hydrogen (secondary N) is 1. The Kier molecular flexibility index (Phi) is 5.31. The van der Waals surface area contributed by atoms with Crippen LogP contribution in [0.25, 0.3) is 0 Å². The minimum absolute atomic E-state index is 0.0120. The highest BCUT2D eigenvalue weighted by Crippen LogP contribution is 2.35. The molecule has 1 aliphatic heterocycles. The van der Waals surface area contributed by atoms with E-state index < -0.39 is 23.9 Å². The standard InChI is InChI=1S/C16H21F3N2O2/c1-10(2)20-15(23)9-21-8-13(22)7-14(21)11-4-3-5-12(6-11)16(17,18)19/h3-6,10,13-14,22H,7-9H2,1-2H3,(H,20,23)/t13-,14-/m1/s1. The van der Waals surface area contributed by atoms with Crippen molar-refractivity contribution in [3.05, 3.63) is 35.4 Å². The molecule has 0 saturated carbocycles. The average Bonchev–Trinajstić information content (AvgIpc) is 2.77. The summed E-state index contributed by atoms with van der Waals surface area (Å²) in [5.41, 5.74) is -0.253. The fraction of sp³-hybridized carbons (Fsp3) is 0.562. The summed E-state index contributed by atoms with van der Waals surface area (Å²) in [5, 5.41) is 12.6. The summed E-state index contributed by atoms with van der Waals surface area (Å²) in [6.07, 6.45) is -4.75. The van der Waals surface area contributed by atoms with E-state index in [0.717, 1.165) is 12.1 Å². The summed E-state index contributed by atoms with van der Waals surface area (Å²) in [6.45, 7) is 3.99. The Morgan fingerprint density at radius 2 is 2.13 bits per heavy atom. The van der Waals surface area contributed by atoms with E-state index in [1.165, 1.54) is 6.07 Å². The van der Waals surface area contributed by atoms with Gasteiger partial charge in [0.1, 0.15) is 0 Å². The number of alkyl halides is 3. The number of hydrogen-bond acceptors (Lipinski definition) is 3. The number of likely N-dealkylation sites (tertiary alicyclic amines) is 1. The minimum Gasteiger partial charge on any atom is -0.392 e. The number of rotatable bonds is 4. The molecule has 0 spiro atoms. The second kappa shape index (κ2) is 6.88. The van der Waals surface area contributed by atoms with Crippen molar-refractivity contribution in [2.45, 2.75) is 44.6 Å². The molecule has 2 atom stereocenters. The number of benzene rings is 1. The monoisotopic (exact) mass is 330 g/mol. The van der Waals surface area contributed by atoms with Gasteiger partial charge in [0.2, 0.25) is 5.91 Å². The number of carbonyl (C=O) groups is 1. The lowest BCUT2D eigenvalue weighted by molar-refractivity contribution is -0.137. The van der Waals surface area contributed by atoms with Gasteiger partial charge in [-0.2, -0.15) is 13.2 Å². The van der Waals surface area contributed by atoms with Gasteiger partial charge in [-0.15, -0.1) is 0 Å². The first kappa shape index (κ1) is 17.7. The summed E-state index contributed by atoms with van der Waals surface area (Å²) in [5.74, 6) is -0.203. The van der Waals surface area contributed by atoms with Crippen molar-refractivity contribution >= 4 is 5.91 Å². The molecule has 0 aliphatic carbocycles. The Hall–Kier alpha value is -1.60. The summed E-state index contributed by atoms with van der Waals surface area (Å²) < 4.78 is 38.6. The SMILES string of the molecule is CC(C)NC(=O)CN1C[C@H](O)C[C@@H]1c1cccc(C(F)(F)F)c1. The number of hydrogen-bond donors (Lipinski definition) is 2. The lowest BCUT2D eigenvalue weighted by atomic mass is 10.0. The number of carbonyl (C=O) groups excluding carboxylic acids is 1. The molecule has 0 unspecified atom stereocenters. The maximum absolute atomic E-state index is 12.9. The lowest BCUT2D eigenvalue weighted by Crippen LogP contribution is -2.40. The molecule has 23 heavy (non-hydrogen) atoms. The molecule has 1 saturated heterocycles. The molecule has 1 fully saturated rings. The van der Waals surface area contributed by atoms with Crippen molar-refractivity contribution in [3.63, 3.8) is 0 Å². The number of β-amino-alcohol motifs (C(OH)–C–C–N with tert-alkyl or cyclic N) is 1. The zero-order chi connectivity index (χ0) is 17.2. The van der Waals surface area contributed by atoms with Gasteiger partial charge < -0.3 is 10.4 Å². The first-order valence-electron chi connectivity index (χ1n) is 7.55. The number of halogens is 3. The van der Waals surface area contributed by atoms with Crippen LogP contribution in [0.3, 0.4) is 0 Å². The number of nitrogens with zero attached hydrogens (tertiary/aromatic N) is 1. The van der Waals surface area contributed by atoms with Crippen molar-refractivity contribution in [3.8, 4) is 0 Å². The zero-order valence-electron chi connectivity index (χ0n) is 13.1. The quantitative estimate of drug-likeness (QED) is 0.891. The molecule has 1 aromatic rings. The smallest absolute Gasteiger partial charge is 0.392 e. The molecule has 0 aromatic heterocycles. The first-order chi connectivity index (χ1) is 10.7. The first-order valence-corrected chi connectivity index (χ1v) is 7.55. The van der Waals surface area contributed by atoms with Crippen LogP contribution in [0.1, 0.15) is 37.4 Å². The lowest BCUT2D eigenvalue weighted by Gasteiger charge is -2.25. The van der Waals surface area contributed by atoms with Crippen LogP contribution >= 0.6 is 0 Å². The predicted octanol–water partition coefficient (Wildman–Crippen LogP) is 2.34. The van der Waals surface area contributed by atoms with Crippen LogP contribution in [-0.4, -0.2) is 41.1 Å². The van der Waals surface area contributed by atoms with Crippen LogP contribution < -0.4 is 5.32 Å². The molecule has 2 rings (SSSR count). The van der Waals surface area contributed by atoms with E-state index in [0.29, 0.717) is 12.0 Å². The van der Waals surface area contributed by atoms with Crippen LogP contribution in [0.15, 0.2) is 24.3 Å². The molecule has 128 valence electrons. The summed E-state index contributed by atoms with van der Waals surface area (Å²) in [7, 11) is 0. The summed E-state index contributed by atoms with van der Waals surface area (Å²) in [6, 6.07) is 4.66. The van der Waals surface area contributed by atoms with Crippen LogP contribution in [-0.2, 0) is 11.0 Å². The van der Waals surface area contributed by atoms with Crippen molar-refractivity contribution in [1.29, 1.82) is 0 Å². The maximum atomic E-state index is 12.9. The Morgan fingerprint density at radius 3 is 2.74 bits per heavy atom.